The second-order valence-corrected chi connectivity index (χ2v) is 11.9. The van der Waals surface area contributed by atoms with Gasteiger partial charge in [0.25, 0.3) is 0 Å². The number of carboxylic acid groups (broad SMARTS) is 1. The largest absolute Gasteiger partial charge is 0.480 e. The van der Waals surface area contributed by atoms with E-state index >= 15 is 0 Å². The average molecular weight is 501 g/mol. The van der Waals surface area contributed by atoms with Gasteiger partial charge in [-0.3, -0.25) is 14.4 Å². The highest BCUT2D eigenvalue weighted by Crippen LogP contribution is 2.40. The predicted octanol–water partition coefficient (Wildman–Crippen LogP) is 0.540. The van der Waals surface area contributed by atoms with Crippen molar-refractivity contribution in [3.63, 3.8) is 0 Å². The number of rotatable bonds is 12. The zero-order valence-corrected chi connectivity index (χ0v) is 20.9. The van der Waals surface area contributed by atoms with E-state index in [0.29, 0.717) is 31.6 Å². The summed E-state index contributed by atoms with van der Waals surface area (Å²) in [6.07, 6.45) is 6.37. The summed E-state index contributed by atoms with van der Waals surface area (Å²) >= 11 is 0. The Morgan fingerprint density at radius 3 is 2.62 bits per heavy atom. The molecule has 0 aromatic carbocycles. The molecule has 10 nitrogen and oxygen atoms in total. The highest BCUT2D eigenvalue weighted by Gasteiger charge is 2.45. The lowest BCUT2D eigenvalue weighted by Crippen LogP contribution is -2.50. The number of carbonyl (C=O) groups is 3. The van der Waals surface area contributed by atoms with Crippen LogP contribution in [-0.2, 0) is 24.4 Å². The van der Waals surface area contributed by atoms with Gasteiger partial charge in [-0.1, -0.05) is 13.3 Å². The van der Waals surface area contributed by atoms with Gasteiger partial charge in [0.15, 0.2) is 0 Å². The highest BCUT2D eigenvalue weighted by atomic mass is 32.2. The normalized spacial score (nSPS) is 26.8. The van der Waals surface area contributed by atoms with E-state index in [0.717, 1.165) is 51.9 Å². The molecule has 2 aliphatic heterocycles. The molecule has 0 aromatic heterocycles. The molecule has 3 unspecified atom stereocenters. The van der Waals surface area contributed by atoms with Crippen molar-refractivity contribution in [3.05, 3.63) is 0 Å². The molecule has 1 aliphatic carbocycles. The molecule has 3 rings (SSSR count). The van der Waals surface area contributed by atoms with Crippen molar-refractivity contribution in [2.75, 3.05) is 38.5 Å². The molecule has 2 saturated heterocycles. The number of fused-ring (bicyclic) bond motifs is 1. The van der Waals surface area contributed by atoms with Crippen LogP contribution < -0.4 is 15.4 Å². The summed E-state index contributed by atoms with van der Waals surface area (Å²) < 4.78 is 26.3. The Hall–Kier alpha value is -1.72. The predicted molar refractivity (Wildman–Crippen MR) is 127 cm³/mol. The molecule has 0 aromatic rings. The first-order valence-corrected chi connectivity index (χ1v) is 14.4. The number of nitrogens with one attached hydrogen (secondary N) is 3. The van der Waals surface area contributed by atoms with Gasteiger partial charge in [-0.15, -0.1) is 0 Å². The van der Waals surface area contributed by atoms with Gasteiger partial charge in [0.1, 0.15) is 6.04 Å². The van der Waals surface area contributed by atoms with Crippen LogP contribution in [0.1, 0.15) is 58.3 Å². The maximum absolute atomic E-state index is 13.0. The van der Waals surface area contributed by atoms with Crippen molar-refractivity contribution in [2.45, 2.75) is 64.3 Å². The minimum atomic E-state index is -3.74. The lowest BCUT2D eigenvalue weighted by molar-refractivity contribution is -0.139. The number of likely N-dealkylation sites (tertiary alicyclic amines) is 1. The topological polar surface area (TPSA) is 145 Å². The summed E-state index contributed by atoms with van der Waals surface area (Å²) in [4.78, 5) is 39.3. The van der Waals surface area contributed by atoms with Crippen LogP contribution >= 0.6 is 0 Å². The summed E-state index contributed by atoms with van der Waals surface area (Å²) in [7, 11) is -3.74. The average Bonchev–Trinajstić information content (AvgIpc) is 3.14. The first kappa shape index (κ1) is 26.9. The minimum absolute atomic E-state index is 0.142. The van der Waals surface area contributed by atoms with E-state index in [1.165, 1.54) is 0 Å². The Morgan fingerprint density at radius 2 is 1.94 bits per heavy atom. The highest BCUT2D eigenvalue weighted by molar-refractivity contribution is 7.89. The quantitative estimate of drug-likeness (QED) is 0.306. The SMILES string of the molecule is CCCCS(=O)(=O)N[C@@H](CNC(=O)C1CCC2CN(CCC3CCNCC3)C(=O)C2C1)C(=O)O. The van der Waals surface area contributed by atoms with E-state index in [9.17, 15) is 27.9 Å². The smallest absolute Gasteiger partial charge is 0.323 e. The third kappa shape index (κ3) is 7.39. The molecule has 194 valence electrons. The molecular formula is C23H40N4O6S. The number of hydrogen-bond acceptors (Lipinski definition) is 6. The lowest BCUT2D eigenvalue weighted by atomic mass is 9.75. The molecule has 3 aliphatic rings. The van der Waals surface area contributed by atoms with Crippen LogP contribution in [0.4, 0.5) is 0 Å². The van der Waals surface area contributed by atoms with E-state index in [1.807, 2.05) is 11.8 Å². The number of aliphatic carboxylic acids is 1. The molecule has 34 heavy (non-hydrogen) atoms. The Kier molecular flexibility index (Phi) is 9.73. The molecule has 0 bridgehead atoms. The van der Waals surface area contributed by atoms with Crippen LogP contribution in [0.2, 0.25) is 0 Å². The van der Waals surface area contributed by atoms with E-state index < -0.39 is 22.0 Å². The molecule has 1 saturated carbocycles. The third-order valence-electron chi connectivity index (χ3n) is 7.58. The number of carboxylic acids is 1. The van der Waals surface area contributed by atoms with Gasteiger partial charge in [0.2, 0.25) is 21.8 Å². The zero-order chi connectivity index (χ0) is 24.7. The molecular weight excluding hydrogens is 460 g/mol. The zero-order valence-electron chi connectivity index (χ0n) is 20.1. The number of sulfonamides is 1. The lowest BCUT2D eigenvalue weighted by Gasteiger charge is -2.29. The van der Waals surface area contributed by atoms with Crippen molar-refractivity contribution in [1.29, 1.82) is 0 Å². The van der Waals surface area contributed by atoms with Gasteiger partial charge in [-0.2, -0.15) is 4.72 Å². The third-order valence-corrected chi connectivity index (χ3v) is 9.05. The summed E-state index contributed by atoms with van der Waals surface area (Å²) in [6, 6.07) is -1.42. The van der Waals surface area contributed by atoms with E-state index in [-0.39, 0.29) is 41.9 Å². The van der Waals surface area contributed by atoms with Gasteiger partial charge in [0.05, 0.1) is 5.75 Å². The molecule has 11 heteroatoms. The van der Waals surface area contributed by atoms with Crippen molar-refractivity contribution in [2.24, 2.45) is 23.7 Å². The monoisotopic (exact) mass is 500 g/mol. The van der Waals surface area contributed by atoms with Crippen LogP contribution in [-0.4, -0.2) is 80.7 Å². The number of carbonyl (C=O) groups excluding carboxylic acids is 2. The maximum atomic E-state index is 13.0. The number of hydrogen-bond donors (Lipinski definition) is 4. The van der Waals surface area contributed by atoms with E-state index in [4.69, 9.17) is 0 Å². The van der Waals surface area contributed by atoms with Crippen molar-refractivity contribution in [1.82, 2.24) is 20.3 Å². The molecule has 2 heterocycles. The van der Waals surface area contributed by atoms with Crippen molar-refractivity contribution >= 4 is 27.8 Å². The summed E-state index contributed by atoms with van der Waals surface area (Å²) in [5.74, 6) is -1.22. The van der Waals surface area contributed by atoms with Gasteiger partial charge >= 0.3 is 5.97 Å². The summed E-state index contributed by atoms with van der Waals surface area (Å²) in [5, 5.41) is 15.4. The second kappa shape index (κ2) is 12.3. The molecule has 0 spiro atoms. The summed E-state index contributed by atoms with van der Waals surface area (Å²) in [5.41, 5.74) is 0. The second-order valence-electron chi connectivity index (χ2n) is 10.1. The number of amides is 2. The van der Waals surface area contributed by atoms with Crippen LogP contribution in [0.25, 0.3) is 0 Å². The Balaban J connectivity index is 1.47. The van der Waals surface area contributed by atoms with Crippen molar-refractivity contribution < 1.29 is 27.9 Å². The fraction of sp³-hybridized carbons (Fsp3) is 0.870. The first-order chi connectivity index (χ1) is 16.2. The van der Waals surface area contributed by atoms with Crippen LogP contribution in [0, 0.1) is 23.7 Å². The Bertz CT molecular complexity index is 829. The molecule has 3 fully saturated rings. The molecule has 4 atom stereocenters. The fourth-order valence-electron chi connectivity index (χ4n) is 5.45. The van der Waals surface area contributed by atoms with Gasteiger partial charge in [-0.25, -0.2) is 8.42 Å². The number of nitrogens with zero attached hydrogens (tertiary/aromatic N) is 1. The molecule has 4 N–H and O–H groups in total. The fourth-order valence-corrected chi connectivity index (χ4v) is 6.85. The standard InChI is InChI=1S/C23H40N4O6S/c1-2-3-12-34(32,33)26-20(23(30)31)14-25-21(28)17-4-5-18-15-27(22(29)19(18)13-17)11-8-16-6-9-24-10-7-16/h16-20,24,26H,2-15H2,1H3,(H,25,28)(H,30,31)/t17?,18?,19?,20-/m0/s1. The van der Waals surface area contributed by atoms with Crippen LogP contribution in [0.15, 0.2) is 0 Å². The minimum Gasteiger partial charge on any atom is -0.480 e. The van der Waals surface area contributed by atoms with Gasteiger partial charge in [-0.05, 0) is 69.9 Å². The summed E-state index contributed by atoms with van der Waals surface area (Å²) in [6.45, 7) is 5.17. The van der Waals surface area contributed by atoms with Crippen LogP contribution in [0.5, 0.6) is 0 Å². The number of unbranched alkanes of at least 4 members (excludes halogenated alkanes) is 1. The van der Waals surface area contributed by atoms with E-state index in [2.05, 4.69) is 15.4 Å². The van der Waals surface area contributed by atoms with Crippen molar-refractivity contribution in [3.8, 4) is 0 Å². The molecule has 2 amide bonds. The van der Waals surface area contributed by atoms with Gasteiger partial charge < -0.3 is 20.6 Å². The van der Waals surface area contributed by atoms with Crippen LogP contribution in [0.3, 0.4) is 0 Å². The maximum Gasteiger partial charge on any atom is 0.323 e. The Labute approximate surface area is 202 Å². The Morgan fingerprint density at radius 1 is 1.21 bits per heavy atom. The first-order valence-electron chi connectivity index (χ1n) is 12.7. The molecule has 0 radical (unpaired) electrons. The van der Waals surface area contributed by atoms with E-state index in [1.54, 1.807) is 0 Å². The number of piperidine rings is 1. The van der Waals surface area contributed by atoms with Gasteiger partial charge in [0, 0.05) is 31.5 Å².